The zero-order valence-corrected chi connectivity index (χ0v) is 10.5. The highest BCUT2D eigenvalue weighted by Crippen LogP contribution is 2.18. The molecule has 2 N–H and O–H groups in total. The minimum absolute atomic E-state index is 0.285. The van der Waals surface area contributed by atoms with Gasteiger partial charge in [-0.3, -0.25) is 0 Å². The minimum atomic E-state index is 0.285. The topological polar surface area (TPSA) is 32.3 Å². The van der Waals surface area contributed by atoms with Gasteiger partial charge in [0.15, 0.2) is 0 Å². The lowest BCUT2D eigenvalue weighted by Crippen LogP contribution is -1.98. The summed E-state index contributed by atoms with van der Waals surface area (Å²) in [5.41, 5.74) is 2.16. The Morgan fingerprint density at radius 2 is 1.88 bits per heavy atom. The van der Waals surface area contributed by atoms with Crippen molar-refractivity contribution < 1.29 is 5.11 Å². The van der Waals surface area contributed by atoms with Crippen molar-refractivity contribution >= 4 is 17.4 Å². The molecule has 0 amide bonds. The Kier molecular flexibility index (Phi) is 3.94. The lowest BCUT2D eigenvalue weighted by molar-refractivity contribution is 0.475. The van der Waals surface area contributed by atoms with Crippen molar-refractivity contribution in [2.75, 3.05) is 11.6 Å². The van der Waals surface area contributed by atoms with Gasteiger partial charge in [0, 0.05) is 23.2 Å². The molecular formula is C14H15NOS. The van der Waals surface area contributed by atoms with Crippen LogP contribution in [0.3, 0.4) is 0 Å². The van der Waals surface area contributed by atoms with Gasteiger partial charge in [-0.1, -0.05) is 18.2 Å². The molecule has 0 bridgehead atoms. The Hall–Kier alpha value is -1.61. The Morgan fingerprint density at radius 1 is 1.12 bits per heavy atom. The molecule has 2 rings (SSSR count). The van der Waals surface area contributed by atoms with E-state index in [-0.39, 0.29) is 5.75 Å². The van der Waals surface area contributed by atoms with Gasteiger partial charge in [-0.15, -0.1) is 11.8 Å². The molecule has 0 saturated heterocycles. The fourth-order valence-electron chi connectivity index (χ4n) is 1.56. The molecular weight excluding hydrogens is 230 g/mol. The van der Waals surface area contributed by atoms with E-state index in [1.165, 1.54) is 10.5 Å². The molecule has 2 aromatic rings. The third-order valence-corrected chi connectivity index (χ3v) is 3.25. The normalized spacial score (nSPS) is 10.2. The van der Waals surface area contributed by atoms with Gasteiger partial charge < -0.3 is 10.4 Å². The van der Waals surface area contributed by atoms with Gasteiger partial charge in [-0.25, -0.2) is 0 Å². The van der Waals surface area contributed by atoms with E-state index in [1.54, 1.807) is 23.9 Å². The molecule has 2 nitrogen and oxygen atoms in total. The monoisotopic (exact) mass is 245 g/mol. The lowest BCUT2D eigenvalue weighted by atomic mass is 10.2. The number of phenols is 1. The van der Waals surface area contributed by atoms with E-state index in [2.05, 4.69) is 35.8 Å². The SMILES string of the molecule is CSc1ccc(CNc2cccc(O)c2)cc1. The Bertz CT molecular complexity index is 482. The van der Waals surface area contributed by atoms with Crippen LogP contribution in [-0.2, 0) is 6.54 Å². The molecule has 0 fully saturated rings. The van der Waals surface area contributed by atoms with Crippen LogP contribution in [0.15, 0.2) is 53.4 Å². The van der Waals surface area contributed by atoms with E-state index < -0.39 is 0 Å². The van der Waals surface area contributed by atoms with E-state index in [0.717, 1.165) is 12.2 Å². The highest BCUT2D eigenvalue weighted by molar-refractivity contribution is 7.98. The Morgan fingerprint density at radius 3 is 2.53 bits per heavy atom. The lowest BCUT2D eigenvalue weighted by Gasteiger charge is -2.07. The van der Waals surface area contributed by atoms with Crippen LogP contribution in [0.2, 0.25) is 0 Å². The maximum Gasteiger partial charge on any atom is 0.117 e. The summed E-state index contributed by atoms with van der Waals surface area (Å²) in [6.07, 6.45) is 2.07. The summed E-state index contributed by atoms with van der Waals surface area (Å²) in [4.78, 5) is 1.27. The van der Waals surface area contributed by atoms with E-state index in [1.807, 2.05) is 12.1 Å². The van der Waals surface area contributed by atoms with Crippen molar-refractivity contribution in [3.05, 3.63) is 54.1 Å². The highest BCUT2D eigenvalue weighted by Gasteiger charge is 1.96. The quantitative estimate of drug-likeness (QED) is 0.805. The smallest absolute Gasteiger partial charge is 0.117 e. The molecule has 3 heteroatoms. The first-order valence-electron chi connectivity index (χ1n) is 5.44. The molecule has 0 aromatic heterocycles. The van der Waals surface area contributed by atoms with Crippen LogP contribution >= 0.6 is 11.8 Å². The molecule has 2 aromatic carbocycles. The first-order valence-corrected chi connectivity index (χ1v) is 6.66. The fraction of sp³-hybridized carbons (Fsp3) is 0.143. The van der Waals surface area contributed by atoms with Crippen molar-refractivity contribution in [2.24, 2.45) is 0 Å². The number of rotatable bonds is 4. The minimum Gasteiger partial charge on any atom is -0.508 e. The van der Waals surface area contributed by atoms with Crippen LogP contribution in [0.1, 0.15) is 5.56 Å². The first kappa shape index (κ1) is 11.9. The third-order valence-electron chi connectivity index (χ3n) is 2.50. The first-order chi connectivity index (χ1) is 8.28. The highest BCUT2D eigenvalue weighted by atomic mass is 32.2. The number of hydrogen-bond acceptors (Lipinski definition) is 3. The summed E-state index contributed by atoms with van der Waals surface area (Å²) in [6.45, 7) is 0.762. The number of aromatic hydroxyl groups is 1. The molecule has 88 valence electrons. The third kappa shape index (κ3) is 3.43. The van der Waals surface area contributed by atoms with Gasteiger partial charge in [-0.05, 0) is 36.1 Å². The van der Waals surface area contributed by atoms with E-state index in [0.29, 0.717) is 0 Å². The zero-order chi connectivity index (χ0) is 12.1. The van der Waals surface area contributed by atoms with Gasteiger partial charge >= 0.3 is 0 Å². The maximum atomic E-state index is 9.34. The van der Waals surface area contributed by atoms with Crippen molar-refractivity contribution in [1.29, 1.82) is 0 Å². The van der Waals surface area contributed by atoms with Crippen LogP contribution in [0.4, 0.5) is 5.69 Å². The van der Waals surface area contributed by atoms with Crippen molar-refractivity contribution in [1.82, 2.24) is 0 Å². The van der Waals surface area contributed by atoms with Gasteiger partial charge in [0.05, 0.1) is 0 Å². The van der Waals surface area contributed by atoms with Gasteiger partial charge in [0.2, 0.25) is 0 Å². The van der Waals surface area contributed by atoms with Crippen LogP contribution in [0, 0.1) is 0 Å². The molecule has 0 atom stereocenters. The molecule has 0 aliphatic rings. The van der Waals surface area contributed by atoms with E-state index in [4.69, 9.17) is 0 Å². The van der Waals surface area contributed by atoms with Gasteiger partial charge in [0.1, 0.15) is 5.75 Å². The summed E-state index contributed by atoms with van der Waals surface area (Å²) in [6, 6.07) is 15.6. The summed E-state index contributed by atoms with van der Waals surface area (Å²) >= 11 is 1.74. The van der Waals surface area contributed by atoms with Gasteiger partial charge in [-0.2, -0.15) is 0 Å². The number of hydrogen-bond donors (Lipinski definition) is 2. The van der Waals surface area contributed by atoms with Crippen LogP contribution < -0.4 is 5.32 Å². The molecule has 0 radical (unpaired) electrons. The molecule has 0 aliphatic heterocycles. The second-order valence-electron chi connectivity index (χ2n) is 3.75. The molecule has 0 saturated carbocycles. The second kappa shape index (κ2) is 5.64. The predicted octanol–water partition coefficient (Wildman–Crippen LogP) is 3.73. The Labute approximate surface area is 106 Å². The van der Waals surface area contributed by atoms with Crippen LogP contribution in [-0.4, -0.2) is 11.4 Å². The van der Waals surface area contributed by atoms with E-state index >= 15 is 0 Å². The zero-order valence-electron chi connectivity index (χ0n) is 9.68. The van der Waals surface area contributed by atoms with Crippen molar-refractivity contribution in [2.45, 2.75) is 11.4 Å². The number of nitrogens with one attached hydrogen (secondary N) is 1. The summed E-state index contributed by atoms with van der Waals surface area (Å²) in [5, 5.41) is 12.6. The largest absolute Gasteiger partial charge is 0.508 e. The number of phenolic OH excluding ortho intramolecular Hbond substituents is 1. The molecule has 0 aliphatic carbocycles. The average Bonchev–Trinajstić information content (AvgIpc) is 2.37. The predicted molar refractivity (Wildman–Crippen MR) is 73.7 cm³/mol. The Balaban J connectivity index is 1.97. The molecule has 0 heterocycles. The second-order valence-corrected chi connectivity index (χ2v) is 4.63. The maximum absolute atomic E-state index is 9.34. The van der Waals surface area contributed by atoms with Crippen molar-refractivity contribution in [3.8, 4) is 5.75 Å². The van der Waals surface area contributed by atoms with Gasteiger partial charge in [0.25, 0.3) is 0 Å². The average molecular weight is 245 g/mol. The number of thioether (sulfide) groups is 1. The number of benzene rings is 2. The van der Waals surface area contributed by atoms with Crippen LogP contribution in [0.25, 0.3) is 0 Å². The standard InChI is InChI=1S/C14H15NOS/c1-17-14-7-5-11(6-8-14)10-15-12-3-2-4-13(16)9-12/h2-9,15-16H,10H2,1H3. The summed E-state index contributed by atoms with van der Waals surface area (Å²) < 4.78 is 0. The van der Waals surface area contributed by atoms with Crippen molar-refractivity contribution in [3.63, 3.8) is 0 Å². The molecule has 0 unspecified atom stereocenters. The fourth-order valence-corrected chi connectivity index (χ4v) is 1.97. The van der Waals surface area contributed by atoms with E-state index in [9.17, 15) is 5.11 Å². The van der Waals surface area contributed by atoms with Crippen LogP contribution in [0.5, 0.6) is 5.75 Å². The number of anilines is 1. The molecule has 17 heavy (non-hydrogen) atoms. The summed E-state index contributed by atoms with van der Waals surface area (Å²) in [7, 11) is 0. The summed E-state index contributed by atoms with van der Waals surface area (Å²) in [5.74, 6) is 0.285. The molecule has 0 spiro atoms.